The fraction of sp³-hybridized carbons (Fsp3) is 0.586. The zero-order chi connectivity index (χ0) is 28.3. The molecule has 2 atom stereocenters. The van der Waals surface area contributed by atoms with Crippen LogP contribution in [0, 0.1) is 17.8 Å². The fourth-order valence-corrected chi connectivity index (χ4v) is 5.65. The third-order valence-corrected chi connectivity index (χ3v) is 7.88. The maximum atomic E-state index is 13.9. The molecule has 1 saturated carbocycles. The van der Waals surface area contributed by atoms with Crippen molar-refractivity contribution in [3.63, 3.8) is 0 Å². The van der Waals surface area contributed by atoms with E-state index < -0.39 is 11.7 Å². The number of aromatic nitrogens is 2. The van der Waals surface area contributed by atoms with Crippen LogP contribution in [0.5, 0.6) is 0 Å². The Balaban J connectivity index is 0.00000441. The number of anilines is 2. The van der Waals surface area contributed by atoms with Crippen LogP contribution in [0.2, 0.25) is 5.02 Å². The summed E-state index contributed by atoms with van der Waals surface area (Å²) in [6.45, 7) is 6.61. The summed E-state index contributed by atoms with van der Waals surface area (Å²) < 4.78 is 41.6. The number of alkyl halides is 3. The molecule has 1 aliphatic heterocycles. The Kier molecular flexibility index (Phi) is 10.6. The first kappa shape index (κ1) is 31.8. The van der Waals surface area contributed by atoms with Crippen molar-refractivity contribution in [2.75, 3.05) is 38.5 Å². The fourth-order valence-electron chi connectivity index (χ4n) is 5.45. The Bertz CT molecular complexity index is 1200. The molecule has 220 valence electrons. The van der Waals surface area contributed by atoms with Gasteiger partial charge in [0.05, 0.1) is 21.8 Å². The molecule has 1 aromatic carbocycles. The molecule has 11 heteroatoms. The second-order valence-electron chi connectivity index (χ2n) is 11.0. The van der Waals surface area contributed by atoms with Gasteiger partial charge in [-0.2, -0.15) is 13.2 Å². The molecule has 1 amide bonds. The molecule has 1 aromatic heterocycles. The standard InChI is InChI=1S/C28H35ClF3N5O2.CH4/c1-17(2)13-25(38)20-6-4-5-18(20)14-24-22(28(30,31)32)16-33-27(35-24)34-19-7-8-23(29)21(15-19)26(39)37-11-9-36(3)10-12-37;/h7-8,15-18,20H,4-6,9-14H2,1-3H3,(H,33,34,35);1H4/t18-,20-;/m0./s1. The highest BCUT2D eigenvalue weighted by Gasteiger charge is 2.38. The maximum absolute atomic E-state index is 13.9. The van der Waals surface area contributed by atoms with Crippen LogP contribution in [0.1, 0.15) is 68.6 Å². The monoisotopic (exact) mass is 581 g/mol. The highest BCUT2D eigenvalue weighted by Crippen LogP contribution is 2.39. The third kappa shape index (κ3) is 7.72. The van der Waals surface area contributed by atoms with Gasteiger partial charge in [-0.3, -0.25) is 9.59 Å². The van der Waals surface area contributed by atoms with Crippen molar-refractivity contribution in [3.05, 3.63) is 46.2 Å². The first-order chi connectivity index (χ1) is 18.4. The van der Waals surface area contributed by atoms with Crippen LogP contribution < -0.4 is 5.32 Å². The van der Waals surface area contributed by atoms with Crippen LogP contribution in [0.15, 0.2) is 24.4 Å². The van der Waals surface area contributed by atoms with Crippen molar-refractivity contribution in [2.45, 2.75) is 59.6 Å². The lowest BCUT2D eigenvalue weighted by Gasteiger charge is -2.32. The van der Waals surface area contributed by atoms with E-state index in [4.69, 9.17) is 11.6 Å². The van der Waals surface area contributed by atoms with E-state index in [0.717, 1.165) is 25.7 Å². The van der Waals surface area contributed by atoms with E-state index >= 15 is 0 Å². The molecule has 1 N–H and O–H groups in total. The van der Waals surface area contributed by atoms with Gasteiger partial charge in [-0.05, 0) is 56.3 Å². The molecule has 4 rings (SSSR count). The van der Waals surface area contributed by atoms with Crippen LogP contribution in [0.25, 0.3) is 0 Å². The van der Waals surface area contributed by atoms with Crippen molar-refractivity contribution in [3.8, 4) is 0 Å². The quantitative estimate of drug-likeness (QED) is 0.384. The van der Waals surface area contributed by atoms with Gasteiger partial charge < -0.3 is 15.1 Å². The zero-order valence-corrected chi connectivity index (χ0v) is 23.3. The first-order valence-electron chi connectivity index (χ1n) is 13.4. The molecule has 2 heterocycles. The second-order valence-corrected chi connectivity index (χ2v) is 11.4. The zero-order valence-electron chi connectivity index (χ0n) is 22.5. The SMILES string of the molecule is C.CC(C)CC(=O)[C@H]1CCC[C@H]1Cc1nc(Nc2ccc(Cl)c(C(=O)N3CCN(C)CC3)c2)ncc1C(F)(F)F. The summed E-state index contributed by atoms with van der Waals surface area (Å²) >= 11 is 6.33. The number of nitrogens with zero attached hydrogens (tertiary/aromatic N) is 4. The average Bonchev–Trinajstić information content (AvgIpc) is 3.32. The van der Waals surface area contributed by atoms with Gasteiger partial charge in [0.25, 0.3) is 5.91 Å². The molecule has 1 saturated heterocycles. The number of ketones is 1. The van der Waals surface area contributed by atoms with Crippen LogP contribution in [-0.2, 0) is 17.4 Å². The number of halogens is 4. The third-order valence-electron chi connectivity index (χ3n) is 7.55. The highest BCUT2D eigenvalue weighted by atomic mass is 35.5. The van der Waals surface area contributed by atoms with Crippen molar-refractivity contribution < 1.29 is 22.8 Å². The number of rotatable bonds is 8. The summed E-state index contributed by atoms with van der Waals surface area (Å²) in [5.41, 5.74) is -0.279. The highest BCUT2D eigenvalue weighted by molar-refractivity contribution is 6.34. The lowest BCUT2D eigenvalue weighted by atomic mass is 9.84. The molecule has 0 bridgehead atoms. The molecule has 1 aliphatic carbocycles. The van der Waals surface area contributed by atoms with Gasteiger partial charge in [0.15, 0.2) is 0 Å². The van der Waals surface area contributed by atoms with Crippen LogP contribution in [-0.4, -0.2) is 64.7 Å². The topological polar surface area (TPSA) is 78.4 Å². The predicted molar refractivity (Wildman–Crippen MR) is 151 cm³/mol. The molecule has 0 spiro atoms. The molecule has 40 heavy (non-hydrogen) atoms. The first-order valence-corrected chi connectivity index (χ1v) is 13.8. The van der Waals surface area contributed by atoms with Gasteiger partial charge in [-0.25, -0.2) is 9.97 Å². The van der Waals surface area contributed by atoms with E-state index in [1.807, 2.05) is 20.9 Å². The predicted octanol–water partition coefficient (Wildman–Crippen LogP) is 6.49. The van der Waals surface area contributed by atoms with Gasteiger partial charge in [-0.1, -0.05) is 39.3 Å². The minimum atomic E-state index is -4.62. The Morgan fingerprint density at radius 1 is 1.15 bits per heavy atom. The number of carbonyl (C=O) groups is 2. The number of Topliss-reactive ketones (excluding diaryl/α,β-unsaturated/α-hetero) is 1. The van der Waals surface area contributed by atoms with Gasteiger partial charge >= 0.3 is 6.18 Å². The number of benzene rings is 1. The normalized spacial score (nSPS) is 19.9. The van der Waals surface area contributed by atoms with E-state index in [1.54, 1.807) is 23.1 Å². The second kappa shape index (κ2) is 13.3. The minimum Gasteiger partial charge on any atom is -0.336 e. The summed E-state index contributed by atoms with van der Waals surface area (Å²) in [5.74, 6) is -0.341. The van der Waals surface area contributed by atoms with Crippen molar-refractivity contribution in [1.82, 2.24) is 19.8 Å². The van der Waals surface area contributed by atoms with Crippen molar-refractivity contribution in [1.29, 1.82) is 0 Å². The molecule has 0 radical (unpaired) electrons. The summed E-state index contributed by atoms with van der Waals surface area (Å²) in [4.78, 5) is 37.9. The number of hydrogen-bond acceptors (Lipinski definition) is 6. The van der Waals surface area contributed by atoms with Gasteiger partial charge in [-0.15, -0.1) is 0 Å². The van der Waals surface area contributed by atoms with Crippen molar-refractivity contribution in [2.24, 2.45) is 17.8 Å². The summed E-state index contributed by atoms with van der Waals surface area (Å²) in [6.07, 6.45) is -1.16. The van der Waals surface area contributed by atoms with Crippen molar-refractivity contribution >= 4 is 34.9 Å². The van der Waals surface area contributed by atoms with E-state index in [9.17, 15) is 22.8 Å². The number of nitrogens with one attached hydrogen (secondary N) is 1. The summed E-state index contributed by atoms with van der Waals surface area (Å²) in [7, 11) is 1.99. The Labute approximate surface area is 239 Å². The maximum Gasteiger partial charge on any atom is 0.419 e. The van der Waals surface area contributed by atoms with Crippen LogP contribution in [0.4, 0.5) is 24.8 Å². The molecule has 7 nitrogen and oxygen atoms in total. The minimum absolute atomic E-state index is 0. The van der Waals surface area contributed by atoms with E-state index in [2.05, 4.69) is 20.2 Å². The molecular formula is C29H39ClF3N5O2. The van der Waals surface area contributed by atoms with E-state index in [-0.39, 0.29) is 60.0 Å². The summed E-state index contributed by atoms with van der Waals surface area (Å²) in [5, 5.41) is 3.24. The molecule has 2 aromatic rings. The lowest BCUT2D eigenvalue weighted by molar-refractivity contribution is -0.138. The lowest BCUT2D eigenvalue weighted by Crippen LogP contribution is -2.47. The Morgan fingerprint density at radius 3 is 2.50 bits per heavy atom. The van der Waals surface area contributed by atoms with Gasteiger partial charge in [0.2, 0.25) is 5.95 Å². The van der Waals surface area contributed by atoms with E-state index in [1.165, 1.54) is 0 Å². The van der Waals surface area contributed by atoms with E-state index in [0.29, 0.717) is 43.6 Å². The smallest absolute Gasteiger partial charge is 0.336 e. The number of piperazine rings is 1. The number of carbonyl (C=O) groups excluding carboxylic acids is 2. The molecule has 0 unspecified atom stereocenters. The van der Waals surface area contributed by atoms with Crippen LogP contribution >= 0.6 is 11.6 Å². The molecular weight excluding hydrogens is 543 g/mol. The summed E-state index contributed by atoms with van der Waals surface area (Å²) in [6, 6.07) is 4.77. The Hall–Kier alpha value is -2.72. The van der Waals surface area contributed by atoms with Gasteiger partial charge in [0.1, 0.15) is 5.78 Å². The molecule has 2 fully saturated rings. The largest absolute Gasteiger partial charge is 0.419 e. The molecule has 2 aliphatic rings. The average molecular weight is 582 g/mol. The number of amides is 1. The van der Waals surface area contributed by atoms with Crippen LogP contribution in [0.3, 0.4) is 0 Å². The van der Waals surface area contributed by atoms with Gasteiger partial charge in [0, 0.05) is 50.4 Å². The number of hydrogen-bond donors (Lipinski definition) is 1. The number of likely N-dealkylation sites (N-methyl/N-ethyl adjacent to an activating group) is 1. The Morgan fingerprint density at radius 2 is 1.85 bits per heavy atom.